The van der Waals surface area contributed by atoms with Gasteiger partial charge in [-0.1, -0.05) is 35.9 Å². The molecule has 2 aromatic rings. The zero-order valence-corrected chi connectivity index (χ0v) is 20.0. The fraction of sp³-hybridized carbons (Fsp3) is 0.560. The molecule has 2 atom stereocenters. The summed E-state index contributed by atoms with van der Waals surface area (Å²) in [6.45, 7) is 4.27. The third-order valence-corrected chi connectivity index (χ3v) is 7.69. The van der Waals surface area contributed by atoms with E-state index in [-0.39, 0.29) is 23.7 Å². The van der Waals surface area contributed by atoms with Crippen LogP contribution in [0.4, 0.5) is 0 Å². The summed E-state index contributed by atoms with van der Waals surface area (Å²) >= 11 is 0. The Bertz CT molecular complexity index is 1120. The van der Waals surface area contributed by atoms with E-state index in [2.05, 4.69) is 35.9 Å². The standard InChI is InChI=1S/C25H34N2O4S/c1-17-5-4-6-20(15-17)19-8-12-22(13-9-19)31-16-24-23(26-32(3,29)30)14-11-21-10-7-18(2)25(28)27(21)24/h4-7,10,15,19,22-24,26H,8-9,11-14,16H2,1-3H3/t19?,22?,23-,24-/m0/s1. The minimum absolute atomic E-state index is 0.0562. The zero-order valence-electron chi connectivity index (χ0n) is 19.2. The molecule has 0 amide bonds. The number of hydrogen-bond donors (Lipinski definition) is 1. The second-order valence-corrected chi connectivity index (χ2v) is 11.3. The second kappa shape index (κ2) is 9.49. The first-order chi connectivity index (χ1) is 15.2. The van der Waals surface area contributed by atoms with Crippen LogP contribution in [0.2, 0.25) is 0 Å². The van der Waals surface area contributed by atoms with Gasteiger partial charge in [-0.05, 0) is 69.9 Å². The molecular weight excluding hydrogens is 424 g/mol. The van der Waals surface area contributed by atoms with Crippen LogP contribution in [0.25, 0.3) is 0 Å². The van der Waals surface area contributed by atoms with Gasteiger partial charge >= 0.3 is 0 Å². The van der Waals surface area contributed by atoms with Gasteiger partial charge in [-0.3, -0.25) is 4.79 Å². The lowest BCUT2D eigenvalue weighted by Gasteiger charge is -2.37. The van der Waals surface area contributed by atoms with Crippen molar-refractivity contribution in [2.24, 2.45) is 0 Å². The van der Waals surface area contributed by atoms with E-state index in [9.17, 15) is 13.2 Å². The smallest absolute Gasteiger partial charge is 0.254 e. The van der Waals surface area contributed by atoms with Crippen molar-refractivity contribution < 1.29 is 13.2 Å². The lowest BCUT2D eigenvalue weighted by atomic mass is 9.82. The topological polar surface area (TPSA) is 77.4 Å². The van der Waals surface area contributed by atoms with Crippen LogP contribution in [0, 0.1) is 13.8 Å². The van der Waals surface area contributed by atoms with Crippen molar-refractivity contribution in [2.75, 3.05) is 12.9 Å². The van der Waals surface area contributed by atoms with Crippen molar-refractivity contribution in [3.8, 4) is 0 Å². The number of pyridine rings is 1. The van der Waals surface area contributed by atoms with Gasteiger partial charge in [-0.2, -0.15) is 0 Å². The molecule has 1 aromatic heterocycles. The molecular formula is C25H34N2O4S. The average molecular weight is 459 g/mol. The number of nitrogens with zero attached hydrogens (tertiary/aromatic N) is 1. The SMILES string of the molecule is Cc1cccc(C2CCC(OC[C@H]3[C@@H](NS(C)(=O)=O)CCc4ccc(C)c(=O)n43)CC2)c1. The van der Waals surface area contributed by atoms with Crippen LogP contribution in [0.5, 0.6) is 0 Å². The zero-order chi connectivity index (χ0) is 22.9. The van der Waals surface area contributed by atoms with Crippen molar-refractivity contribution in [3.63, 3.8) is 0 Å². The predicted octanol–water partition coefficient (Wildman–Crippen LogP) is 3.61. The Labute approximate surface area is 191 Å². The molecule has 1 aliphatic carbocycles. The summed E-state index contributed by atoms with van der Waals surface area (Å²) in [6.07, 6.45) is 6.76. The quantitative estimate of drug-likeness (QED) is 0.717. The molecule has 174 valence electrons. The Hall–Kier alpha value is -1.96. The number of ether oxygens (including phenoxy) is 1. The summed E-state index contributed by atoms with van der Waals surface area (Å²) in [7, 11) is -3.39. The Kier molecular flexibility index (Phi) is 6.89. The van der Waals surface area contributed by atoms with Gasteiger partial charge in [0.25, 0.3) is 5.56 Å². The van der Waals surface area contributed by atoms with Gasteiger partial charge in [0.2, 0.25) is 10.0 Å². The fourth-order valence-electron chi connectivity index (χ4n) is 5.26. The highest BCUT2D eigenvalue weighted by Gasteiger charge is 2.33. The minimum Gasteiger partial charge on any atom is -0.376 e. The molecule has 0 unspecified atom stereocenters. The number of benzene rings is 1. The summed E-state index contributed by atoms with van der Waals surface area (Å²) < 4.78 is 34.8. The van der Waals surface area contributed by atoms with E-state index < -0.39 is 10.0 Å². The van der Waals surface area contributed by atoms with E-state index >= 15 is 0 Å². The van der Waals surface area contributed by atoms with E-state index in [4.69, 9.17) is 4.74 Å². The van der Waals surface area contributed by atoms with E-state index in [1.54, 1.807) is 11.5 Å². The molecule has 32 heavy (non-hydrogen) atoms. The lowest BCUT2D eigenvalue weighted by Crippen LogP contribution is -2.49. The maximum absolute atomic E-state index is 12.9. The van der Waals surface area contributed by atoms with Gasteiger partial charge in [0.15, 0.2) is 0 Å². The summed E-state index contributed by atoms with van der Waals surface area (Å²) in [4.78, 5) is 12.9. The number of rotatable bonds is 6. The number of fused-ring (bicyclic) bond motifs is 1. The molecule has 1 N–H and O–H groups in total. The first-order valence-electron chi connectivity index (χ1n) is 11.6. The van der Waals surface area contributed by atoms with Gasteiger partial charge in [0, 0.05) is 17.3 Å². The van der Waals surface area contributed by atoms with Crippen molar-refractivity contribution in [3.05, 3.63) is 69.1 Å². The lowest BCUT2D eigenvalue weighted by molar-refractivity contribution is -0.00168. The molecule has 1 fully saturated rings. The van der Waals surface area contributed by atoms with E-state index in [0.29, 0.717) is 30.9 Å². The van der Waals surface area contributed by atoms with Crippen LogP contribution >= 0.6 is 0 Å². The largest absolute Gasteiger partial charge is 0.376 e. The summed E-state index contributed by atoms with van der Waals surface area (Å²) in [5.74, 6) is 0.565. The van der Waals surface area contributed by atoms with Crippen molar-refractivity contribution >= 4 is 10.0 Å². The Morgan fingerprint density at radius 1 is 1.06 bits per heavy atom. The predicted molar refractivity (Wildman–Crippen MR) is 127 cm³/mol. The van der Waals surface area contributed by atoms with E-state index in [1.165, 1.54) is 17.4 Å². The normalized spacial score (nSPS) is 26.0. The Balaban J connectivity index is 1.46. The van der Waals surface area contributed by atoms with E-state index in [1.807, 2.05) is 12.1 Å². The molecule has 1 saturated carbocycles. The second-order valence-electron chi connectivity index (χ2n) is 9.51. The monoisotopic (exact) mass is 458 g/mol. The number of aromatic nitrogens is 1. The molecule has 4 rings (SSSR count). The third kappa shape index (κ3) is 5.33. The van der Waals surface area contributed by atoms with E-state index in [0.717, 1.165) is 31.4 Å². The fourth-order valence-corrected chi connectivity index (χ4v) is 6.09. The average Bonchev–Trinajstić information content (AvgIpc) is 2.75. The van der Waals surface area contributed by atoms with Crippen LogP contribution < -0.4 is 10.3 Å². The number of sulfonamides is 1. The molecule has 2 heterocycles. The Morgan fingerprint density at radius 3 is 2.50 bits per heavy atom. The molecule has 2 aliphatic rings. The molecule has 6 nitrogen and oxygen atoms in total. The highest BCUT2D eigenvalue weighted by Crippen LogP contribution is 2.35. The molecule has 1 aliphatic heterocycles. The van der Waals surface area contributed by atoms with Crippen molar-refractivity contribution in [2.45, 2.75) is 76.5 Å². The summed E-state index contributed by atoms with van der Waals surface area (Å²) in [5, 5.41) is 0. The molecule has 1 aromatic carbocycles. The highest BCUT2D eigenvalue weighted by molar-refractivity contribution is 7.88. The van der Waals surface area contributed by atoms with Gasteiger partial charge in [-0.15, -0.1) is 0 Å². The third-order valence-electron chi connectivity index (χ3n) is 6.95. The highest BCUT2D eigenvalue weighted by atomic mass is 32.2. The van der Waals surface area contributed by atoms with Crippen LogP contribution in [0.15, 0.2) is 41.2 Å². The van der Waals surface area contributed by atoms with Gasteiger partial charge in [-0.25, -0.2) is 13.1 Å². The van der Waals surface area contributed by atoms with Crippen LogP contribution in [0.3, 0.4) is 0 Å². The molecule has 0 saturated heterocycles. The van der Waals surface area contributed by atoms with Gasteiger partial charge < -0.3 is 9.30 Å². The first-order valence-corrected chi connectivity index (χ1v) is 13.5. The maximum Gasteiger partial charge on any atom is 0.254 e. The van der Waals surface area contributed by atoms with Crippen LogP contribution in [-0.2, 0) is 21.2 Å². The molecule has 0 radical (unpaired) electrons. The molecule has 7 heteroatoms. The van der Waals surface area contributed by atoms with Crippen LogP contribution in [-0.4, -0.2) is 38.0 Å². The molecule has 0 spiro atoms. The maximum atomic E-state index is 12.9. The number of nitrogens with one attached hydrogen (secondary N) is 1. The first kappa shape index (κ1) is 23.2. The summed E-state index contributed by atoms with van der Waals surface area (Å²) in [5.41, 5.74) is 4.26. The van der Waals surface area contributed by atoms with Gasteiger partial charge in [0.05, 0.1) is 25.0 Å². The van der Waals surface area contributed by atoms with Crippen molar-refractivity contribution in [1.29, 1.82) is 0 Å². The van der Waals surface area contributed by atoms with Crippen LogP contribution in [0.1, 0.15) is 66.4 Å². The number of hydrogen-bond acceptors (Lipinski definition) is 4. The van der Waals surface area contributed by atoms with Gasteiger partial charge in [0.1, 0.15) is 0 Å². The van der Waals surface area contributed by atoms with Crippen molar-refractivity contribution in [1.82, 2.24) is 9.29 Å². The molecule has 0 bridgehead atoms. The summed E-state index contributed by atoms with van der Waals surface area (Å²) in [6, 6.07) is 11.9. The number of aryl methyl sites for hydroxylation is 3. The minimum atomic E-state index is -3.39. The Morgan fingerprint density at radius 2 is 1.81 bits per heavy atom.